The number of para-hydroxylation sites is 1. The van der Waals surface area contributed by atoms with Crippen molar-refractivity contribution in [2.75, 3.05) is 26.8 Å². The Labute approximate surface area is 198 Å². The molecule has 1 aliphatic heterocycles. The molecule has 0 saturated carbocycles. The second kappa shape index (κ2) is 11.7. The number of hydrogen-bond acceptors (Lipinski definition) is 7. The number of carbonyl (C=O) groups excluding carboxylic acids is 2. The zero-order valence-corrected chi connectivity index (χ0v) is 19.0. The van der Waals surface area contributed by atoms with Crippen LogP contribution in [0.25, 0.3) is 0 Å². The summed E-state index contributed by atoms with van der Waals surface area (Å²) in [6.07, 6.45) is 3.77. The van der Waals surface area contributed by atoms with Crippen molar-refractivity contribution < 1.29 is 19.1 Å². The topological polar surface area (TPSA) is 144 Å². The average Bonchev–Trinajstić information content (AvgIpc) is 3.28. The van der Waals surface area contributed by atoms with Crippen LogP contribution in [0.15, 0.2) is 78.1 Å². The number of likely N-dealkylation sites (tertiary alicyclic amines) is 1. The van der Waals surface area contributed by atoms with E-state index in [1.165, 1.54) is 6.08 Å². The lowest BCUT2D eigenvalue weighted by molar-refractivity contribution is -0.125. The van der Waals surface area contributed by atoms with Crippen LogP contribution in [-0.2, 0) is 14.3 Å². The molecular weight excluding hydrogens is 434 g/mol. The molecule has 0 spiro atoms. The van der Waals surface area contributed by atoms with Gasteiger partial charge >= 0.3 is 0 Å². The predicted octanol–water partition coefficient (Wildman–Crippen LogP) is 1.90. The molecule has 9 nitrogen and oxygen atoms in total. The van der Waals surface area contributed by atoms with E-state index in [-0.39, 0.29) is 29.1 Å². The van der Waals surface area contributed by atoms with Crippen molar-refractivity contribution >= 4 is 17.5 Å². The molecule has 34 heavy (non-hydrogen) atoms. The summed E-state index contributed by atoms with van der Waals surface area (Å²) >= 11 is 0. The lowest BCUT2D eigenvalue weighted by Gasteiger charge is -2.18. The lowest BCUT2D eigenvalue weighted by Crippen LogP contribution is -2.39. The highest BCUT2D eigenvalue weighted by Crippen LogP contribution is 2.22. The highest BCUT2D eigenvalue weighted by Gasteiger charge is 2.27. The van der Waals surface area contributed by atoms with Gasteiger partial charge in [0.05, 0.1) is 12.3 Å². The molecule has 1 saturated heterocycles. The van der Waals surface area contributed by atoms with Gasteiger partial charge in [-0.05, 0) is 42.8 Å². The second-order valence-electron chi connectivity index (χ2n) is 7.74. The Morgan fingerprint density at radius 3 is 2.44 bits per heavy atom. The van der Waals surface area contributed by atoms with Crippen molar-refractivity contribution in [3.8, 4) is 11.5 Å². The van der Waals surface area contributed by atoms with Gasteiger partial charge in [0.15, 0.2) is 0 Å². The molecule has 1 aliphatic rings. The van der Waals surface area contributed by atoms with Crippen LogP contribution in [-0.4, -0.2) is 55.3 Å². The quantitative estimate of drug-likeness (QED) is 0.313. The van der Waals surface area contributed by atoms with Crippen LogP contribution in [0.3, 0.4) is 0 Å². The van der Waals surface area contributed by atoms with Gasteiger partial charge in [0, 0.05) is 37.9 Å². The summed E-state index contributed by atoms with van der Waals surface area (Å²) in [5.41, 5.74) is 12.0. The molecule has 0 aromatic heterocycles. The number of nitrogens with zero attached hydrogens (tertiary/aromatic N) is 1. The summed E-state index contributed by atoms with van der Waals surface area (Å²) in [5, 5.41) is 11.6. The Balaban J connectivity index is 1.67. The van der Waals surface area contributed by atoms with Crippen LogP contribution < -0.4 is 21.5 Å². The van der Waals surface area contributed by atoms with E-state index in [4.69, 9.17) is 26.4 Å². The zero-order valence-electron chi connectivity index (χ0n) is 19.0. The van der Waals surface area contributed by atoms with Crippen LogP contribution in [0.5, 0.6) is 11.5 Å². The van der Waals surface area contributed by atoms with Crippen LogP contribution in [0.1, 0.15) is 12.0 Å². The van der Waals surface area contributed by atoms with E-state index in [1.807, 2.05) is 30.3 Å². The van der Waals surface area contributed by atoms with Crippen molar-refractivity contribution in [2.45, 2.75) is 12.5 Å². The summed E-state index contributed by atoms with van der Waals surface area (Å²) in [6.45, 7) is 1.33. The highest BCUT2D eigenvalue weighted by atomic mass is 16.5. The molecule has 0 aliphatic carbocycles. The number of ether oxygens (including phenoxy) is 2. The van der Waals surface area contributed by atoms with Crippen LogP contribution in [0.2, 0.25) is 0 Å². The SMILES string of the molecule is COC/C=C/C(=O)N1CCC(N/C(N)=C(\C(=N)c2ccc(Oc3ccccc3)cc2)C(N)=O)C1. The maximum atomic E-state index is 12.2. The normalized spacial score (nSPS) is 16.3. The first-order valence-corrected chi connectivity index (χ1v) is 10.8. The van der Waals surface area contributed by atoms with Crippen LogP contribution >= 0.6 is 0 Å². The number of carbonyl (C=O) groups is 2. The van der Waals surface area contributed by atoms with Crippen molar-refractivity contribution in [3.63, 3.8) is 0 Å². The number of nitrogens with two attached hydrogens (primary N) is 2. The van der Waals surface area contributed by atoms with Crippen molar-refractivity contribution in [1.82, 2.24) is 10.2 Å². The Bertz CT molecular complexity index is 1080. The molecule has 1 fully saturated rings. The Morgan fingerprint density at radius 1 is 1.12 bits per heavy atom. The number of primary amides is 1. The van der Waals surface area contributed by atoms with E-state index < -0.39 is 5.91 Å². The molecular formula is C25H29N5O4. The van der Waals surface area contributed by atoms with Gasteiger partial charge in [-0.25, -0.2) is 0 Å². The molecule has 3 rings (SSSR count). The van der Waals surface area contributed by atoms with Crippen molar-refractivity contribution in [3.05, 3.63) is 83.7 Å². The molecule has 1 atom stereocenters. The third-order valence-electron chi connectivity index (χ3n) is 5.27. The molecule has 1 unspecified atom stereocenters. The smallest absolute Gasteiger partial charge is 0.254 e. The number of benzene rings is 2. The van der Waals surface area contributed by atoms with Gasteiger partial charge in [0.1, 0.15) is 22.9 Å². The second-order valence-corrected chi connectivity index (χ2v) is 7.74. The first-order chi connectivity index (χ1) is 16.4. The summed E-state index contributed by atoms with van der Waals surface area (Å²) in [6, 6.07) is 15.9. The van der Waals surface area contributed by atoms with E-state index in [0.717, 1.165) is 0 Å². The molecule has 9 heteroatoms. The standard InChI is InChI=1S/C25H29N5O4/c1-33-15-5-8-21(31)30-14-13-18(16-30)29-24(27)22(25(28)32)23(26)17-9-11-20(12-10-17)34-19-6-3-2-4-7-19/h2-12,18,26,29H,13-16,27H2,1H3,(H2,28,32)/b8-5+,24-22+,26-23?. The largest absolute Gasteiger partial charge is 0.457 e. The predicted molar refractivity (Wildman–Crippen MR) is 129 cm³/mol. The van der Waals surface area contributed by atoms with Crippen LogP contribution in [0, 0.1) is 5.41 Å². The fourth-order valence-electron chi connectivity index (χ4n) is 3.57. The molecule has 2 aromatic carbocycles. The molecule has 178 valence electrons. The average molecular weight is 464 g/mol. The maximum absolute atomic E-state index is 12.2. The van der Waals surface area contributed by atoms with E-state index in [9.17, 15) is 9.59 Å². The van der Waals surface area contributed by atoms with Gasteiger partial charge in [-0.1, -0.05) is 24.3 Å². The number of rotatable bonds is 10. The molecule has 0 radical (unpaired) electrons. The summed E-state index contributed by atoms with van der Waals surface area (Å²) in [5.74, 6) is 0.359. The van der Waals surface area contributed by atoms with E-state index in [0.29, 0.717) is 43.2 Å². The number of amides is 2. The third kappa shape index (κ3) is 6.46. The minimum atomic E-state index is -0.812. The van der Waals surface area contributed by atoms with Gasteiger partial charge in [-0.3, -0.25) is 15.0 Å². The Morgan fingerprint density at radius 2 is 1.79 bits per heavy atom. The summed E-state index contributed by atoms with van der Waals surface area (Å²) in [7, 11) is 1.56. The van der Waals surface area contributed by atoms with Gasteiger partial charge in [0.2, 0.25) is 5.91 Å². The summed E-state index contributed by atoms with van der Waals surface area (Å²) < 4.78 is 10.7. The molecule has 2 aromatic rings. The first-order valence-electron chi connectivity index (χ1n) is 10.8. The Hall–Kier alpha value is -4.11. The molecule has 1 heterocycles. The third-order valence-corrected chi connectivity index (χ3v) is 5.27. The minimum Gasteiger partial charge on any atom is -0.457 e. The maximum Gasteiger partial charge on any atom is 0.254 e. The minimum absolute atomic E-state index is 0.0105. The van der Waals surface area contributed by atoms with Gasteiger partial charge in [-0.2, -0.15) is 0 Å². The molecule has 6 N–H and O–H groups in total. The van der Waals surface area contributed by atoms with Gasteiger partial charge in [0.25, 0.3) is 5.91 Å². The van der Waals surface area contributed by atoms with E-state index in [2.05, 4.69) is 5.32 Å². The van der Waals surface area contributed by atoms with Crippen LogP contribution in [0.4, 0.5) is 0 Å². The number of nitrogens with one attached hydrogen (secondary N) is 2. The van der Waals surface area contributed by atoms with Crippen molar-refractivity contribution in [1.29, 1.82) is 5.41 Å². The monoisotopic (exact) mass is 463 g/mol. The van der Waals surface area contributed by atoms with E-state index >= 15 is 0 Å². The molecule has 0 bridgehead atoms. The van der Waals surface area contributed by atoms with Gasteiger partial charge < -0.3 is 31.2 Å². The highest BCUT2D eigenvalue weighted by molar-refractivity contribution is 6.26. The fraction of sp³-hybridized carbons (Fsp3) is 0.240. The van der Waals surface area contributed by atoms with Crippen molar-refractivity contribution in [2.24, 2.45) is 11.5 Å². The lowest BCUT2D eigenvalue weighted by atomic mass is 10.0. The van der Waals surface area contributed by atoms with E-state index in [1.54, 1.807) is 42.4 Å². The number of methoxy groups -OCH3 is 1. The van der Waals surface area contributed by atoms with Gasteiger partial charge in [-0.15, -0.1) is 0 Å². The summed E-state index contributed by atoms with van der Waals surface area (Å²) in [4.78, 5) is 26.1. The fourth-order valence-corrected chi connectivity index (χ4v) is 3.57. The Kier molecular flexibility index (Phi) is 8.42. The molecule has 2 amide bonds. The zero-order chi connectivity index (χ0) is 24.5. The first kappa shape index (κ1) is 24.5. The number of hydrogen-bond donors (Lipinski definition) is 4.